The predicted molar refractivity (Wildman–Crippen MR) is 66.8 cm³/mol. The molecule has 0 atom stereocenters. The molecule has 0 amide bonds. The van der Waals surface area contributed by atoms with Crippen LogP contribution in [0.5, 0.6) is 11.8 Å². The molecule has 3 rings (SSSR count). The van der Waals surface area contributed by atoms with Gasteiger partial charge in [0.2, 0.25) is 0 Å². The van der Waals surface area contributed by atoms with Gasteiger partial charge >= 0.3 is 11.7 Å². The Morgan fingerprint density at radius 3 is 2.50 bits per heavy atom. The minimum Gasteiger partial charge on any atom is -0.411 e. The van der Waals surface area contributed by atoms with E-state index in [4.69, 9.17) is 9.15 Å². The van der Waals surface area contributed by atoms with Crippen molar-refractivity contribution in [1.29, 1.82) is 0 Å². The molecule has 0 bridgehead atoms. The predicted octanol–water partition coefficient (Wildman–Crippen LogP) is 2.98. The Hall–Kier alpha value is -2.62. The van der Waals surface area contributed by atoms with Crippen molar-refractivity contribution in [3.05, 3.63) is 65.0 Å². The molecule has 0 radical (unpaired) electrons. The van der Waals surface area contributed by atoms with E-state index in [0.29, 0.717) is 16.7 Å². The highest BCUT2D eigenvalue weighted by Gasteiger charge is 2.07. The summed E-state index contributed by atoms with van der Waals surface area (Å²) >= 11 is 0. The van der Waals surface area contributed by atoms with E-state index >= 15 is 0 Å². The van der Waals surface area contributed by atoms with Crippen LogP contribution in [0.3, 0.4) is 0 Å². The SMILES string of the molecule is O=c1oc(Oc2ccccc2)nc2ccccc12. The van der Waals surface area contributed by atoms with Gasteiger partial charge in [-0.3, -0.25) is 0 Å². The van der Waals surface area contributed by atoms with Gasteiger partial charge in [-0.05, 0) is 24.3 Å². The number of fused-ring (bicyclic) bond motifs is 1. The smallest absolute Gasteiger partial charge is 0.402 e. The van der Waals surface area contributed by atoms with E-state index in [1.54, 1.807) is 36.4 Å². The fraction of sp³-hybridized carbons (Fsp3) is 0. The third kappa shape index (κ3) is 1.96. The first-order valence-electron chi connectivity index (χ1n) is 5.46. The zero-order valence-corrected chi connectivity index (χ0v) is 9.37. The average Bonchev–Trinajstić information content (AvgIpc) is 2.40. The summed E-state index contributed by atoms with van der Waals surface area (Å²) in [5, 5.41) is 0.443. The van der Waals surface area contributed by atoms with E-state index in [1.807, 2.05) is 18.2 Å². The van der Waals surface area contributed by atoms with Crippen LogP contribution in [-0.4, -0.2) is 4.98 Å². The van der Waals surface area contributed by atoms with Crippen LogP contribution in [0.15, 0.2) is 63.8 Å². The van der Waals surface area contributed by atoms with Crippen molar-refractivity contribution in [2.24, 2.45) is 0 Å². The molecule has 0 N–H and O–H groups in total. The van der Waals surface area contributed by atoms with Gasteiger partial charge in [-0.25, -0.2) is 4.79 Å². The van der Waals surface area contributed by atoms with Crippen LogP contribution in [0.25, 0.3) is 10.9 Å². The number of ether oxygens (including phenoxy) is 1. The Kier molecular flexibility index (Phi) is 2.53. The first-order valence-corrected chi connectivity index (χ1v) is 5.46. The Morgan fingerprint density at radius 2 is 1.67 bits per heavy atom. The number of hydrogen-bond donors (Lipinski definition) is 0. The van der Waals surface area contributed by atoms with Crippen LogP contribution in [0.1, 0.15) is 0 Å². The van der Waals surface area contributed by atoms with E-state index in [9.17, 15) is 4.79 Å². The molecule has 88 valence electrons. The van der Waals surface area contributed by atoms with Crippen molar-refractivity contribution in [2.45, 2.75) is 0 Å². The molecule has 3 aromatic rings. The normalized spacial score (nSPS) is 10.4. The van der Waals surface area contributed by atoms with Gasteiger partial charge in [0.15, 0.2) is 0 Å². The number of aromatic nitrogens is 1. The lowest BCUT2D eigenvalue weighted by Gasteiger charge is -2.02. The first kappa shape index (κ1) is 10.5. The second-order valence-electron chi connectivity index (χ2n) is 3.70. The van der Waals surface area contributed by atoms with Crippen LogP contribution in [0, 0.1) is 0 Å². The average molecular weight is 239 g/mol. The van der Waals surface area contributed by atoms with Crippen molar-refractivity contribution in [3.8, 4) is 11.8 Å². The number of nitrogens with zero attached hydrogens (tertiary/aromatic N) is 1. The maximum Gasteiger partial charge on any atom is 0.402 e. The van der Waals surface area contributed by atoms with Gasteiger partial charge in [0.25, 0.3) is 0 Å². The van der Waals surface area contributed by atoms with Crippen molar-refractivity contribution in [1.82, 2.24) is 4.98 Å². The number of benzene rings is 2. The molecule has 0 unspecified atom stereocenters. The van der Waals surface area contributed by atoms with E-state index in [0.717, 1.165) is 0 Å². The van der Waals surface area contributed by atoms with E-state index < -0.39 is 5.63 Å². The number of hydrogen-bond acceptors (Lipinski definition) is 4. The molecule has 0 saturated carbocycles. The summed E-state index contributed by atoms with van der Waals surface area (Å²) in [5.41, 5.74) is 0.103. The van der Waals surface area contributed by atoms with Gasteiger partial charge in [-0.2, -0.15) is 4.98 Å². The van der Waals surface area contributed by atoms with E-state index in [-0.39, 0.29) is 6.08 Å². The molecule has 0 aliphatic carbocycles. The summed E-state index contributed by atoms with van der Waals surface area (Å²) < 4.78 is 10.4. The maximum absolute atomic E-state index is 11.7. The van der Waals surface area contributed by atoms with Gasteiger partial charge in [-0.15, -0.1) is 0 Å². The summed E-state index contributed by atoms with van der Waals surface area (Å²) in [6, 6.07) is 16.0. The molecule has 2 aromatic carbocycles. The summed E-state index contributed by atoms with van der Waals surface area (Å²) in [4.78, 5) is 15.8. The second-order valence-corrected chi connectivity index (χ2v) is 3.70. The minimum absolute atomic E-state index is 0.0510. The zero-order chi connectivity index (χ0) is 12.4. The second kappa shape index (κ2) is 4.33. The summed E-state index contributed by atoms with van der Waals surface area (Å²) in [6.45, 7) is 0. The lowest BCUT2D eigenvalue weighted by atomic mass is 10.2. The van der Waals surface area contributed by atoms with Crippen molar-refractivity contribution < 1.29 is 9.15 Å². The topological polar surface area (TPSA) is 52.3 Å². The molecule has 1 aromatic heterocycles. The van der Waals surface area contributed by atoms with E-state index in [2.05, 4.69) is 4.98 Å². The van der Waals surface area contributed by atoms with Crippen LogP contribution in [-0.2, 0) is 0 Å². The molecule has 0 aliphatic rings. The van der Waals surface area contributed by atoms with Crippen LogP contribution in [0.2, 0.25) is 0 Å². The largest absolute Gasteiger partial charge is 0.411 e. The lowest BCUT2D eigenvalue weighted by Crippen LogP contribution is -2.02. The molecule has 0 saturated heterocycles. The Morgan fingerprint density at radius 1 is 0.944 bits per heavy atom. The first-order chi connectivity index (χ1) is 8.83. The Bertz CT molecular complexity index is 735. The highest BCUT2D eigenvalue weighted by Crippen LogP contribution is 2.19. The minimum atomic E-state index is -0.452. The van der Waals surface area contributed by atoms with Crippen LogP contribution < -0.4 is 10.4 Å². The summed E-state index contributed by atoms with van der Waals surface area (Å²) in [6.07, 6.45) is -0.0510. The zero-order valence-electron chi connectivity index (χ0n) is 9.37. The van der Waals surface area contributed by atoms with E-state index in [1.165, 1.54) is 0 Å². The van der Waals surface area contributed by atoms with Crippen molar-refractivity contribution in [2.75, 3.05) is 0 Å². The van der Waals surface area contributed by atoms with Crippen molar-refractivity contribution in [3.63, 3.8) is 0 Å². The van der Waals surface area contributed by atoms with Gasteiger partial charge < -0.3 is 9.15 Å². The molecule has 1 heterocycles. The standard InChI is InChI=1S/C14H9NO3/c16-13-11-8-4-5-9-12(11)15-14(18-13)17-10-6-2-1-3-7-10/h1-9H. The number of para-hydroxylation sites is 2. The number of rotatable bonds is 2. The summed E-state index contributed by atoms with van der Waals surface area (Å²) in [7, 11) is 0. The molecule has 0 spiro atoms. The highest BCUT2D eigenvalue weighted by atomic mass is 16.6. The monoisotopic (exact) mass is 239 g/mol. The quantitative estimate of drug-likeness (QED) is 0.689. The van der Waals surface area contributed by atoms with Gasteiger partial charge in [-0.1, -0.05) is 30.3 Å². The third-order valence-electron chi connectivity index (χ3n) is 2.46. The molecular formula is C14H9NO3. The molecule has 4 heteroatoms. The fourth-order valence-electron chi connectivity index (χ4n) is 1.63. The van der Waals surface area contributed by atoms with Gasteiger partial charge in [0.1, 0.15) is 5.75 Å². The molecule has 0 fully saturated rings. The molecular weight excluding hydrogens is 230 g/mol. The maximum atomic E-state index is 11.7. The van der Waals surface area contributed by atoms with Crippen LogP contribution in [0.4, 0.5) is 0 Å². The third-order valence-corrected chi connectivity index (χ3v) is 2.46. The van der Waals surface area contributed by atoms with Gasteiger partial charge in [0, 0.05) is 0 Å². The fourth-order valence-corrected chi connectivity index (χ4v) is 1.63. The Balaban J connectivity index is 2.06. The highest BCUT2D eigenvalue weighted by molar-refractivity contribution is 5.76. The lowest BCUT2D eigenvalue weighted by molar-refractivity contribution is 0.307. The van der Waals surface area contributed by atoms with Crippen LogP contribution >= 0.6 is 0 Å². The summed E-state index contributed by atoms with van der Waals surface area (Å²) in [5.74, 6) is 0.573. The molecule has 4 nitrogen and oxygen atoms in total. The molecule has 18 heavy (non-hydrogen) atoms. The van der Waals surface area contributed by atoms with Crippen molar-refractivity contribution >= 4 is 10.9 Å². The van der Waals surface area contributed by atoms with Gasteiger partial charge in [0.05, 0.1) is 10.9 Å². The molecule has 0 aliphatic heterocycles. The Labute approximate surface area is 102 Å².